The molecule has 0 saturated carbocycles. The van der Waals surface area contributed by atoms with Crippen LogP contribution in [0.1, 0.15) is 13.8 Å². The van der Waals surface area contributed by atoms with Gasteiger partial charge in [0.15, 0.2) is 5.56 Å². The molecule has 0 aliphatic rings. The van der Waals surface area contributed by atoms with Crippen LogP contribution < -0.4 is 0 Å². The molecule has 0 aromatic heterocycles. The fraction of sp³-hybridized carbons (Fsp3) is 0.750. The molecule has 0 heterocycles. The maximum atomic E-state index is 9.95. The highest BCUT2D eigenvalue weighted by atomic mass is 35.5. The average Bonchev–Trinajstić information content (AvgIpc) is 1.27. The van der Waals surface area contributed by atoms with Gasteiger partial charge in [-0.3, -0.25) is 4.79 Å². The van der Waals surface area contributed by atoms with Crippen LogP contribution in [0.15, 0.2) is 0 Å². The lowest BCUT2D eigenvalue weighted by atomic mass is 10.8. The number of rotatable bonds is 1. The van der Waals surface area contributed by atoms with E-state index in [-0.39, 0.29) is 5.97 Å². The summed E-state index contributed by atoms with van der Waals surface area (Å²) in [5.74, 6) is -0.345. The van der Waals surface area contributed by atoms with Crippen molar-refractivity contribution in [1.82, 2.24) is 0 Å². The molecule has 7 heavy (non-hydrogen) atoms. The van der Waals surface area contributed by atoms with Gasteiger partial charge >= 0.3 is 5.97 Å². The van der Waals surface area contributed by atoms with Gasteiger partial charge in [-0.2, -0.15) is 0 Å². The Morgan fingerprint density at radius 2 is 2.29 bits per heavy atom. The highest BCUT2D eigenvalue weighted by Gasteiger charge is 1.95. The van der Waals surface area contributed by atoms with Gasteiger partial charge in [-0.1, -0.05) is 11.6 Å². The van der Waals surface area contributed by atoms with Crippen LogP contribution >= 0.6 is 11.6 Å². The first kappa shape index (κ1) is 6.76. The first-order valence-corrected chi connectivity index (χ1v) is 2.38. The second-order valence-electron chi connectivity index (χ2n) is 1.15. The van der Waals surface area contributed by atoms with Gasteiger partial charge in [0.05, 0.1) is 0 Å². The summed E-state index contributed by atoms with van der Waals surface area (Å²) < 4.78 is 4.38. The Morgan fingerprint density at radius 3 is 2.29 bits per heavy atom. The monoisotopic (exact) mass is 122 g/mol. The van der Waals surface area contributed by atoms with Crippen molar-refractivity contribution in [3.05, 3.63) is 0 Å². The lowest BCUT2D eigenvalue weighted by Gasteiger charge is -1.99. The lowest BCUT2D eigenvalue weighted by Crippen LogP contribution is -2.03. The maximum absolute atomic E-state index is 9.95. The number of alkyl halides is 1. The minimum atomic E-state index is -0.502. The molecule has 0 aliphatic heterocycles. The van der Waals surface area contributed by atoms with Crippen molar-refractivity contribution in [1.29, 1.82) is 0 Å². The van der Waals surface area contributed by atoms with Gasteiger partial charge in [0.1, 0.15) is 0 Å². The molecule has 3 heteroatoms. The third-order valence-corrected chi connectivity index (χ3v) is 0.417. The quantitative estimate of drug-likeness (QED) is 0.385. The smallest absolute Gasteiger partial charge is 0.304 e. The van der Waals surface area contributed by atoms with Crippen LogP contribution in [0.25, 0.3) is 0 Å². The molecule has 0 saturated heterocycles. The molecular formula is C4H7ClO2. The average molecular weight is 123 g/mol. The highest BCUT2D eigenvalue weighted by molar-refractivity contribution is 6.19. The second-order valence-corrected chi connectivity index (χ2v) is 1.77. The van der Waals surface area contributed by atoms with Crippen LogP contribution in [-0.2, 0) is 9.53 Å². The van der Waals surface area contributed by atoms with Gasteiger partial charge in [0.2, 0.25) is 0 Å². The van der Waals surface area contributed by atoms with E-state index in [9.17, 15) is 4.79 Å². The van der Waals surface area contributed by atoms with Crippen molar-refractivity contribution in [3.8, 4) is 0 Å². The largest absolute Gasteiger partial charge is 0.446 e. The number of esters is 1. The Balaban J connectivity index is 3.13. The second kappa shape index (κ2) is 2.86. The molecule has 0 aromatic carbocycles. The number of ether oxygens (including phenoxy) is 1. The zero-order valence-electron chi connectivity index (χ0n) is 4.27. The van der Waals surface area contributed by atoms with Crippen LogP contribution in [0.4, 0.5) is 0 Å². The summed E-state index contributed by atoms with van der Waals surface area (Å²) >= 11 is 5.23. The van der Waals surface area contributed by atoms with Gasteiger partial charge < -0.3 is 4.74 Å². The summed E-state index contributed by atoms with van der Waals surface area (Å²) in [6, 6.07) is 0. The summed E-state index contributed by atoms with van der Waals surface area (Å²) in [7, 11) is 0. The van der Waals surface area contributed by atoms with Gasteiger partial charge in [0, 0.05) is 6.92 Å². The van der Waals surface area contributed by atoms with E-state index in [2.05, 4.69) is 4.74 Å². The summed E-state index contributed by atoms with van der Waals surface area (Å²) in [5, 5.41) is 0. The minimum absolute atomic E-state index is 0.345. The molecule has 0 bridgehead atoms. The van der Waals surface area contributed by atoms with E-state index in [4.69, 9.17) is 11.6 Å². The summed E-state index contributed by atoms with van der Waals surface area (Å²) in [6.45, 7) is 2.90. The highest BCUT2D eigenvalue weighted by Crippen LogP contribution is 1.94. The van der Waals surface area contributed by atoms with Crippen LogP contribution in [0, 0.1) is 0 Å². The summed E-state index contributed by atoms with van der Waals surface area (Å²) in [6.07, 6.45) is 0. The summed E-state index contributed by atoms with van der Waals surface area (Å²) in [4.78, 5) is 9.95. The first-order chi connectivity index (χ1) is 3.13. The molecule has 42 valence electrons. The first-order valence-electron chi connectivity index (χ1n) is 1.94. The van der Waals surface area contributed by atoms with Crippen LogP contribution in [0.3, 0.4) is 0 Å². The Hall–Kier alpha value is -0.240. The van der Waals surface area contributed by atoms with Crippen molar-refractivity contribution < 1.29 is 9.53 Å². The van der Waals surface area contributed by atoms with Gasteiger partial charge in [-0.15, -0.1) is 0 Å². The maximum Gasteiger partial charge on any atom is 0.304 e. The molecule has 0 fully saturated rings. The predicted molar refractivity (Wildman–Crippen MR) is 27.1 cm³/mol. The number of hydrogen-bond acceptors (Lipinski definition) is 2. The SMILES string of the molecule is CC(=O)O[C@H](C)Cl. The topological polar surface area (TPSA) is 26.3 Å². The number of halogens is 1. The Morgan fingerprint density at radius 1 is 1.86 bits per heavy atom. The third kappa shape index (κ3) is 5.76. The zero-order valence-corrected chi connectivity index (χ0v) is 5.03. The molecule has 0 unspecified atom stereocenters. The zero-order chi connectivity index (χ0) is 5.86. The van der Waals surface area contributed by atoms with Crippen molar-refractivity contribution in [2.75, 3.05) is 0 Å². The van der Waals surface area contributed by atoms with E-state index in [0.717, 1.165) is 0 Å². The third-order valence-electron chi connectivity index (χ3n) is 0.328. The molecule has 1 atom stereocenters. The normalized spacial score (nSPS) is 13.0. The fourth-order valence-corrected chi connectivity index (χ4v) is 0.354. The van der Waals surface area contributed by atoms with E-state index in [1.54, 1.807) is 6.92 Å². The van der Waals surface area contributed by atoms with Crippen molar-refractivity contribution in [3.63, 3.8) is 0 Å². The molecule has 2 nitrogen and oxygen atoms in total. The lowest BCUT2D eigenvalue weighted by molar-refractivity contribution is -0.142. The van der Waals surface area contributed by atoms with E-state index in [1.165, 1.54) is 6.92 Å². The molecule has 0 N–H and O–H groups in total. The van der Waals surface area contributed by atoms with Crippen LogP contribution in [-0.4, -0.2) is 11.5 Å². The minimum Gasteiger partial charge on any atom is -0.446 e. The Labute approximate surface area is 47.4 Å². The van der Waals surface area contributed by atoms with E-state index in [1.807, 2.05) is 0 Å². The molecule has 0 aliphatic carbocycles. The Bertz CT molecular complexity index is 70.1. The number of carbonyl (C=O) groups is 1. The fourth-order valence-electron chi connectivity index (χ4n) is 0.229. The number of carbonyl (C=O) groups excluding carboxylic acids is 1. The molecule has 0 rings (SSSR count). The molecule has 0 amide bonds. The van der Waals surface area contributed by atoms with Crippen molar-refractivity contribution in [2.45, 2.75) is 19.4 Å². The molecule has 0 radical (unpaired) electrons. The summed E-state index contributed by atoms with van der Waals surface area (Å²) in [5.41, 5.74) is -0.502. The number of hydrogen-bond donors (Lipinski definition) is 0. The molecule has 0 aromatic rings. The van der Waals surface area contributed by atoms with Crippen LogP contribution in [0.2, 0.25) is 0 Å². The van der Waals surface area contributed by atoms with Gasteiger partial charge in [-0.25, -0.2) is 0 Å². The van der Waals surface area contributed by atoms with E-state index >= 15 is 0 Å². The van der Waals surface area contributed by atoms with Gasteiger partial charge in [0.25, 0.3) is 0 Å². The van der Waals surface area contributed by atoms with Gasteiger partial charge in [-0.05, 0) is 6.92 Å². The van der Waals surface area contributed by atoms with Crippen LogP contribution in [0.5, 0.6) is 0 Å². The standard InChI is InChI=1S/C4H7ClO2/c1-3(5)7-4(2)6/h3H,1-2H3/t3-/m1/s1. The van der Waals surface area contributed by atoms with Crippen molar-refractivity contribution >= 4 is 17.6 Å². The van der Waals surface area contributed by atoms with E-state index in [0.29, 0.717) is 0 Å². The van der Waals surface area contributed by atoms with Crippen molar-refractivity contribution in [2.24, 2.45) is 0 Å². The van der Waals surface area contributed by atoms with E-state index < -0.39 is 5.56 Å². The molecular weight excluding hydrogens is 115 g/mol. The molecule has 0 spiro atoms. The predicted octanol–water partition coefficient (Wildman–Crippen LogP) is 1.13. The Kier molecular flexibility index (Phi) is 2.76.